The molecule has 1 N–H and O–H groups in total. The van der Waals surface area contributed by atoms with E-state index in [1.54, 1.807) is 6.92 Å². The van der Waals surface area contributed by atoms with E-state index in [0.717, 1.165) is 25.8 Å². The average molecular weight is 352 g/mol. The van der Waals surface area contributed by atoms with Gasteiger partial charge in [0.25, 0.3) is 0 Å². The van der Waals surface area contributed by atoms with E-state index in [2.05, 4.69) is 14.7 Å². The third-order valence-corrected chi connectivity index (χ3v) is 5.50. The Morgan fingerprint density at radius 2 is 2.04 bits per heavy atom. The lowest BCUT2D eigenvalue weighted by atomic mass is 10.2. The molecule has 1 aromatic rings. The summed E-state index contributed by atoms with van der Waals surface area (Å²) in [5.41, 5.74) is -0.0760. The van der Waals surface area contributed by atoms with Crippen LogP contribution in [0.15, 0.2) is 11.1 Å². The van der Waals surface area contributed by atoms with Crippen LogP contribution in [0.4, 0.5) is 8.78 Å². The molecule has 0 radical (unpaired) electrons. The van der Waals surface area contributed by atoms with E-state index in [1.165, 1.54) is 6.92 Å². The number of ether oxygens (including phenoxy) is 1. The number of hydrogen-bond acceptors (Lipinski definition) is 5. The van der Waals surface area contributed by atoms with Gasteiger partial charge in [0.15, 0.2) is 0 Å². The maximum atomic E-state index is 12.7. The van der Waals surface area contributed by atoms with Crippen LogP contribution < -0.4 is 4.72 Å². The van der Waals surface area contributed by atoms with Crippen molar-refractivity contribution < 1.29 is 21.9 Å². The molecule has 2 heterocycles. The molecule has 0 aliphatic carbocycles. The second-order valence-electron chi connectivity index (χ2n) is 5.58. The Morgan fingerprint density at radius 1 is 1.39 bits per heavy atom. The molecule has 0 spiro atoms. The quantitative estimate of drug-likeness (QED) is 0.791. The van der Waals surface area contributed by atoms with Gasteiger partial charge in [0.2, 0.25) is 10.0 Å². The van der Waals surface area contributed by atoms with Crippen molar-refractivity contribution in [1.82, 2.24) is 19.4 Å². The molecule has 132 valence electrons. The third kappa shape index (κ3) is 4.69. The standard InChI is InChI=1S/C13H22F2N4O3S/c1-10(3-4-18-5-7-22-8-6-18)17-23(20,21)12-9-16-19(11(12)2)13(14)15/h9-10,13,17H,3-8H2,1-2H3/t10-/m1/s1. The van der Waals surface area contributed by atoms with Crippen LogP contribution in [0, 0.1) is 6.92 Å². The zero-order chi connectivity index (χ0) is 17.0. The van der Waals surface area contributed by atoms with Crippen molar-refractivity contribution in [2.24, 2.45) is 0 Å². The van der Waals surface area contributed by atoms with E-state index in [1.807, 2.05) is 0 Å². The summed E-state index contributed by atoms with van der Waals surface area (Å²) in [4.78, 5) is 1.99. The van der Waals surface area contributed by atoms with Gasteiger partial charge in [-0.3, -0.25) is 4.90 Å². The van der Waals surface area contributed by atoms with Gasteiger partial charge in [-0.2, -0.15) is 13.9 Å². The first-order valence-corrected chi connectivity index (χ1v) is 8.94. The minimum atomic E-state index is -3.87. The van der Waals surface area contributed by atoms with Gasteiger partial charge in [0.1, 0.15) is 4.90 Å². The number of alkyl halides is 2. The van der Waals surface area contributed by atoms with Crippen LogP contribution in [0.2, 0.25) is 0 Å². The minimum absolute atomic E-state index is 0.0760. The summed E-state index contributed by atoms with van der Waals surface area (Å²) in [7, 11) is -3.87. The van der Waals surface area contributed by atoms with Crippen LogP contribution in [0.5, 0.6) is 0 Å². The largest absolute Gasteiger partial charge is 0.379 e. The van der Waals surface area contributed by atoms with Gasteiger partial charge in [-0.1, -0.05) is 0 Å². The van der Waals surface area contributed by atoms with Crippen molar-refractivity contribution in [3.63, 3.8) is 0 Å². The highest BCUT2D eigenvalue weighted by Crippen LogP contribution is 2.20. The van der Waals surface area contributed by atoms with Gasteiger partial charge in [0, 0.05) is 19.1 Å². The first kappa shape index (κ1) is 18.2. The fourth-order valence-electron chi connectivity index (χ4n) is 2.46. The van der Waals surface area contributed by atoms with Crippen LogP contribution >= 0.6 is 0 Å². The van der Waals surface area contributed by atoms with Crippen molar-refractivity contribution in [2.75, 3.05) is 32.8 Å². The predicted octanol–water partition coefficient (Wildman–Crippen LogP) is 0.976. The van der Waals surface area contributed by atoms with E-state index in [0.29, 0.717) is 24.3 Å². The highest BCUT2D eigenvalue weighted by molar-refractivity contribution is 7.89. The Kier molecular flexibility index (Phi) is 6.06. The number of aromatic nitrogens is 2. The molecule has 0 bridgehead atoms. The first-order chi connectivity index (χ1) is 10.8. The van der Waals surface area contributed by atoms with Gasteiger partial charge in [-0.15, -0.1) is 0 Å². The van der Waals surface area contributed by atoms with Gasteiger partial charge >= 0.3 is 6.55 Å². The maximum absolute atomic E-state index is 12.7. The van der Waals surface area contributed by atoms with Gasteiger partial charge in [-0.05, 0) is 26.8 Å². The minimum Gasteiger partial charge on any atom is -0.379 e. The number of hydrogen-bond donors (Lipinski definition) is 1. The molecular weight excluding hydrogens is 330 g/mol. The van der Waals surface area contributed by atoms with Crippen molar-refractivity contribution in [3.8, 4) is 0 Å². The smallest absolute Gasteiger partial charge is 0.333 e. The summed E-state index contributed by atoms with van der Waals surface area (Å²) in [5, 5.41) is 3.43. The lowest BCUT2D eigenvalue weighted by Gasteiger charge is -2.27. The highest BCUT2D eigenvalue weighted by Gasteiger charge is 2.25. The fourth-order valence-corrected chi connectivity index (χ4v) is 3.90. The fraction of sp³-hybridized carbons (Fsp3) is 0.769. The topological polar surface area (TPSA) is 76.5 Å². The van der Waals surface area contributed by atoms with E-state index in [-0.39, 0.29) is 16.6 Å². The number of sulfonamides is 1. The van der Waals surface area contributed by atoms with Crippen molar-refractivity contribution in [1.29, 1.82) is 0 Å². The predicted molar refractivity (Wildman–Crippen MR) is 79.9 cm³/mol. The van der Waals surface area contributed by atoms with Crippen molar-refractivity contribution in [3.05, 3.63) is 11.9 Å². The second kappa shape index (κ2) is 7.65. The van der Waals surface area contributed by atoms with E-state index >= 15 is 0 Å². The molecule has 1 saturated heterocycles. The summed E-state index contributed by atoms with van der Waals surface area (Å²) in [6.45, 7) is 3.99. The number of morpholine rings is 1. The Morgan fingerprint density at radius 3 is 2.61 bits per heavy atom. The van der Waals surface area contributed by atoms with Gasteiger partial charge < -0.3 is 4.74 Å². The summed E-state index contributed by atoms with van der Waals surface area (Å²) in [6, 6.07) is -0.308. The van der Waals surface area contributed by atoms with Gasteiger partial charge in [0.05, 0.1) is 25.1 Å². The van der Waals surface area contributed by atoms with E-state index < -0.39 is 16.6 Å². The monoisotopic (exact) mass is 352 g/mol. The number of nitrogens with zero attached hydrogens (tertiary/aromatic N) is 3. The molecule has 1 aromatic heterocycles. The summed E-state index contributed by atoms with van der Waals surface area (Å²) in [6.07, 6.45) is 1.58. The molecule has 1 aliphatic rings. The van der Waals surface area contributed by atoms with Crippen molar-refractivity contribution >= 4 is 10.0 Å². The maximum Gasteiger partial charge on any atom is 0.333 e. The van der Waals surface area contributed by atoms with Gasteiger partial charge in [-0.25, -0.2) is 17.8 Å². The molecule has 0 aromatic carbocycles. The van der Waals surface area contributed by atoms with E-state index in [4.69, 9.17) is 4.74 Å². The molecule has 1 aliphatic heterocycles. The summed E-state index contributed by atoms with van der Waals surface area (Å²) in [5.74, 6) is 0. The molecule has 0 amide bonds. The Hall–Kier alpha value is -1.10. The van der Waals surface area contributed by atoms with Crippen molar-refractivity contribution in [2.45, 2.75) is 37.8 Å². The number of halogens is 2. The third-order valence-electron chi connectivity index (χ3n) is 3.81. The Bertz CT molecular complexity index is 615. The SMILES string of the molecule is Cc1c(S(=O)(=O)N[C@H](C)CCN2CCOCC2)cnn1C(F)F. The van der Waals surface area contributed by atoms with Crippen LogP contribution in [0.25, 0.3) is 0 Å². The second-order valence-corrected chi connectivity index (χ2v) is 7.26. The molecular formula is C13H22F2N4O3S. The zero-order valence-electron chi connectivity index (χ0n) is 13.2. The zero-order valence-corrected chi connectivity index (χ0v) is 14.0. The average Bonchev–Trinajstić information content (AvgIpc) is 2.88. The summed E-state index contributed by atoms with van der Waals surface area (Å²) >= 11 is 0. The first-order valence-electron chi connectivity index (χ1n) is 7.46. The molecule has 2 rings (SSSR count). The normalized spacial score (nSPS) is 18.5. The van der Waals surface area contributed by atoms with Crippen LogP contribution in [-0.2, 0) is 14.8 Å². The molecule has 0 saturated carbocycles. The lowest BCUT2D eigenvalue weighted by Crippen LogP contribution is -2.40. The molecule has 10 heteroatoms. The molecule has 1 fully saturated rings. The lowest BCUT2D eigenvalue weighted by molar-refractivity contribution is 0.0366. The van der Waals surface area contributed by atoms with Crippen LogP contribution in [-0.4, -0.2) is 62.0 Å². The Labute approximate surface area is 134 Å². The van der Waals surface area contributed by atoms with Crippen LogP contribution in [0.3, 0.4) is 0 Å². The Balaban J connectivity index is 1.94. The summed E-state index contributed by atoms with van der Waals surface area (Å²) < 4.78 is 58.2. The molecule has 1 atom stereocenters. The highest BCUT2D eigenvalue weighted by atomic mass is 32.2. The molecule has 23 heavy (non-hydrogen) atoms. The van der Waals surface area contributed by atoms with Crippen LogP contribution in [0.1, 0.15) is 25.6 Å². The number of nitrogens with one attached hydrogen (secondary N) is 1. The molecule has 0 unspecified atom stereocenters. The molecule has 7 nitrogen and oxygen atoms in total. The van der Waals surface area contributed by atoms with E-state index in [9.17, 15) is 17.2 Å². The number of rotatable bonds is 7.